The standard InChI is InChI=1S/C31H28NO.C30H25N2O.C30H26NO.C27H20NO/c1-19(2)17-21-9-11-25-23(18-21)15-16-32(4)29(25)24-13-14-27-28-12-10-22-7-5-6-8-26(22)31(28)33-30(27)20(24)3;1-18-17-32(4)27(16-26(18)21-10-6-5-7-11-21)22-14-15-25-28-30(33-29(25)19(22)2)24-13-9-8-12-23(24)20(3)31-28;1-18(2)21-10-11-24-22(17-21)15-16-31(4)28(24)23-13-14-26-27-12-9-20-7-5-6-8-25(20)30(27)32-29(26)19(23)3;1-17-20(25-21-9-5-3-8-19(21)15-16-28(25)2)13-14-23-24-12-11-18-7-4-6-10-22(18)27(24)29-26(17)23/h5-16,18-19H,17H2,1-4H3;5-17H,1-4H3;5-18H,1-4H3;3-16H,1-2H3/q4*+1/i;1D3;;. The van der Waals surface area contributed by atoms with Crippen molar-refractivity contribution in [1.82, 2.24) is 4.98 Å². The van der Waals surface area contributed by atoms with Crippen molar-refractivity contribution in [2.24, 2.45) is 34.1 Å². The molecule has 0 spiro atoms. The van der Waals surface area contributed by atoms with E-state index < -0.39 is 6.85 Å². The minimum Gasteiger partial charge on any atom is -0.455 e. The van der Waals surface area contributed by atoms with Gasteiger partial charge in [0.25, 0.3) is 0 Å². The highest BCUT2D eigenvalue weighted by molar-refractivity contribution is 6.20. The predicted octanol–water partition coefficient (Wildman–Crippen LogP) is 29.6. The number of fused-ring (bicyclic) bond motifs is 23. The van der Waals surface area contributed by atoms with Gasteiger partial charge in [0.2, 0.25) is 22.8 Å². The minimum absolute atomic E-state index is 0.327. The smallest absolute Gasteiger partial charge is 0.220 e. The Morgan fingerprint density at radius 2 is 0.661 bits per heavy atom. The van der Waals surface area contributed by atoms with Gasteiger partial charge in [-0.3, -0.25) is 0 Å². The highest BCUT2D eigenvalue weighted by atomic mass is 16.3. The van der Waals surface area contributed by atoms with Gasteiger partial charge in [-0.1, -0.05) is 216 Å². The van der Waals surface area contributed by atoms with Crippen molar-refractivity contribution in [1.29, 1.82) is 0 Å². The number of furan rings is 4. The summed E-state index contributed by atoms with van der Waals surface area (Å²) in [6.45, 7) is 17.4. The van der Waals surface area contributed by atoms with Gasteiger partial charge in [0.1, 0.15) is 72.8 Å². The van der Waals surface area contributed by atoms with Crippen LogP contribution in [0.1, 0.15) is 82.4 Å². The zero-order chi connectivity index (χ0) is 89.4. The molecule has 0 radical (unpaired) electrons. The molecular formula is C118H99N5O4+4. The van der Waals surface area contributed by atoms with E-state index in [2.05, 4.69) is 358 Å². The van der Waals surface area contributed by atoms with E-state index in [9.17, 15) is 0 Å². The maximum Gasteiger partial charge on any atom is 0.220 e. The summed E-state index contributed by atoms with van der Waals surface area (Å²) in [5.74, 6) is 1.16. The summed E-state index contributed by atoms with van der Waals surface area (Å²) in [5.41, 5.74) is 27.7. The van der Waals surface area contributed by atoms with Gasteiger partial charge >= 0.3 is 0 Å². The largest absolute Gasteiger partial charge is 0.455 e. The number of aromatic nitrogens is 5. The molecule has 24 aromatic rings. The Hall–Kier alpha value is -14.9. The molecule has 0 fully saturated rings. The Morgan fingerprint density at radius 3 is 1.15 bits per heavy atom. The molecule has 0 aliphatic rings. The third kappa shape index (κ3) is 13.6. The fraction of sp³-hybridized carbons (Fsp3) is 0.144. The van der Waals surface area contributed by atoms with Crippen molar-refractivity contribution in [3.05, 3.63) is 367 Å². The Balaban J connectivity index is 0.000000105. The van der Waals surface area contributed by atoms with Crippen molar-refractivity contribution in [2.75, 3.05) is 0 Å². The SMILES string of the molecule is Cc1c(-c2c3ccc(C(C)C)cc3cc[n+]2C)ccc2c1oc1c3ccccc3ccc21.Cc1c(-c2c3ccc(CC(C)C)cc3cc[n+]2C)ccc2c1oc1c3ccccc3ccc21.Cc1c(-c2c3ccccc3cc[n+]2C)ccc2c1oc1c3ccccc3ccc21.[2H]C([2H])([2H])c1c[n+](C)c(-c2ccc3c(oc4c5ccccc5c(C)nc34)c2C)cc1-c1ccccc1. The summed E-state index contributed by atoms with van der Waals surface area (Å²) < 4.78 is 59.0. The molecule has 9 heteroatoms. The van der Waals surface area contributed by atoms with E-state index >= 15 is 0 Å². The molecule has 24 rings (SSSR count). The topological polar surface area (TPSA) is 81.0 Å². The molecule has 0 saturated carbocycles. The van der Waals surface area contributed by atoms with Crippen molar-refractivity contribution in [3.8, 4) is 56.2 Å². The Labute approximate surface area is 742 Å². The van der Waals surface area contributed by atoms with Crippen LogP contribution in [0.2, 0.25) is 0 Å². The zero-order valence-corrected chi connectivity index (χ0v) is 73.8. The van der Waals surface area contributed by atoms with Gasteiger partial charge in [-0.05, 0) is 199 Å². The summed E-state index contributed by atoms with van der Waals surface area (Å²) in [6, 6.07) is 105. The van der Waals surface area contributed by atoms with Crippen LogP contribution < -0.4 is 18.3 Å². The molecule has 9 nitrogen and oxygen atoms in total. The van der Waals surface area contributed by atoms with Crippen LogP contribution in [-0.2, 0) is 34.6 Å². The van der Waals surface area contributed by atoms with Crippen molar-refractivity contribution >= 4 is 163 Å². The van der Waals surface area contributed by atoms with Crippen molar-refractivity contribution in [2.45, 2.75) is 81.5 Å². The molecule has 0 aliphatic heterocycles. The number of hydrogen-bond donors (Lipinski definition) is 0. The van der Waals surface area contributed by atoms with Gasteiger partial charge in [-0.2, -0.15) is 0 Å². The first kappa shape index (κ1) is 75.8. The van der Waals surface area contributed by atoms with Crippen molar-refractivity contribution in [3.63, 3.8) is 0 Å². The van der Waals surface area contributed by atoms with E-state index in [-0.39, 0.29) is 0 Å². The van der Waals surface area contributed by atoms with Crippen LogP contribution in [0.15, 0.2) is 340 Å². The average Bonchev–Trinajstić information content (AvgIpc) is 1.58. The zero-order valence-electron chi connectivity index (χ0n) is 76.8. The second-order valence-electron chi connectivity index (χ2n) is 35.2. The molecular weight excluding hydrogens is 1550 g/mol. The first-order valence-corrected chi connectivity index (χ1v) is 44.0. The maximum absolute atomic E-state index is 8.13. The number of rotatable bonds is 8. The number of hydrogen-bond acceptors (Lipinski definition) is 5. The first-order valence-electron chi connectivity index (χ1n) is 45.5. The highest BCUT2D eigenvalue weighted by Gasteiger charge is 2.28. The normalized spacial score (nSPS) is 12.3. The molecule has 0 bridgehead atoms. The number of pyridine rings is 5. The van der Waals surface area contributed by atoms with Gasteiger partial charge in [0, 0.05) is 127 Å². The predicted molar refractivity (Wildman–Crippen MR) is 528 cm³/mol. The van der Waals surface area contributed by atoms with Crippen LogP contribution in [-0.4, -0.2) is 4.98 Å². The summed E-state index contributed by atoms with van der Waals surface area (Å²) in [5, 5.41) is 24.9. The Bertz CT molecular complexity index is 8770. The lowest BCUT2D eigenvalue weighted by atomic mass is 9.94. The molecule has 15 aromatic carbocycles. The van der Waals surface area contributed by atoms with Gasteiger partial charge in [-0.15, -0.1) is 0 Å². The van der Waals surface area contributed by atoms with E-state index in [4.69, 9.17) is 26.8 Å². The molecule has 0 N–H and O–H groups in total. The van der Waals surface area contributed by atoms with Crippen LogP contribution in [0.3, 0.4) is 0 Å². The fourth-order valence-corrected chi connectivity index (χ4v) is 19.8. The Morgan fingerprint density at radius 1 is 0.299 bits per heavy atom. The number of nitrogens with zero attached hydrogens (tertiary/aromatic N) is 5. The molecule has 0 amide bonds. The van der Waals surface area contributed by atoms with Crippen LogP contribution >= 0.6 is 0 Å². The van der Waals surface area contributed by atoms with Gasteiger partial charge < -0.3 is 17.7 Å². The van der Waals surface area contributed by atoms with E-state index in [0.717, 1.165) is 106 Å². The lowest BCUT2D eigenvalue weighted by molar-refractivity contribution is -0.660. The van der Waals surface area contributed by atoms with E-state index in [1.165, 1.54) is 153 Å². The monoisotopic (exact) mass is 1650 g/mol. The van der Waals surface area contributed by atoms with Gasteiger partial charge in [0.15, 0.2) is 30.4 Å². The van der Waals surface area contributed by atoms with Gasteiger partial charge in [0.05, 0.1) is 38.4 Å². The van der Waals surface area contributed by atoms with Gasteiger partial charge in [-0.25, -0.2) is 23.3 Å². The molecule has 9 heterocycles. The molecule has 9 aromatic heterocycles. The summed E-state index contributed by atoms with van der Waals surface area (Å²) in [6.07, 6.45) is 9.30. The molecule has 0 unspecified atom stereocenters. The fourth-order valence-electron chi connectivity index (χ4n) is 19.8. The maximum atomic E-state index is 8.13. The number of aryl methyl sites for hydroxylation is 10. The van der Waals surface area contributed by atoms with Crippen LogP contribution in [0, 0.1) is 47.4 Å². The van der Waals surface area contributed by atoms with E-state index in [1.54, 1.807) is 6.20 Å². The Kier molecular flexibility index (Phi) is 18.9. The average molecular weight is 1650 g/mol. The third-order valence-electron chi connectivity index (χ3n) is 26.4. The van der Waals surface area contributed by atoms with Crippen LogP contribution in [0.5, 0.6) is 0 Å². The summed E-state index contributed by atoms with van der Waals surface area (Å²) >= 11 is 0. The third-order valence-corrected chi connectivity index (χ3v) is 26.4. The second kappa shape index (κ2) is 31.7. The summed E-state index contributed by atoms with van der Waals surface area (Å²) in [7, 11) is 8.26. The number of benzene rings is 15. The molecule has 0 atom stereocenters. The minimum atomic E-state index is -2.23. The van der Waals surface area contributed by atoms with E-state index in [1.807, 2.05) is 67.1 Å². The lowest BCUT2D eigenvalue weighted by Gasteiger charge is -2.11. The quantitative estimate of drug-likeness (QED) is 0.142. The molecule has 616 valence electrons. The summed E-state index contributed by atoms with van der Waals surface area (Å²) in [4.78, 5) is 4.88. The molecule has 0 saturated heterocycles. The molecule has 127 heavy (non-hydrogen) atoms. The van der Waals surface area contributed by atoms with E-state index in [0.29, 0.717) is 23.0 Å². The van der Waals surface area contributed by atoms with Crippen LogP contribution in [0.4, 0.5) is 0 Å². The highest BCUT2D eigenvalue weighted by Crippen LogP contribution is 2.46. The first-order chi connectivity index (χ1) is 63.0. The van der Waals surface area contributed by atoms with Crippen molar-refractivity contribution < 1.29 is 40.0 Å². The molecule has 0 aliphatic carbocycles. The van der Waals surface area contributed by atoms with Crippen LogP contribution in [0.25, 0.3) is 219 Å². The second-order valence-corrected chi connectivity index (χ2v) is 35.2. The lowest BCUT2D eigenvalue weighted by Crippen LogP contribution is -2.31.